The topological polar surface area (TPSA) is 65.8 Å². The minimum absolute atomic E-state index is 0.0615. The number of nitrogens with zero attached hydrogens (tertiary/aromatic N) is 2. The van der Waals surface area contributed by atoms with Crippen molar-refractivity contribution in [1.29, 1.82) is 5.26 Å². The molecule has 1 aliphatic rings. The molecule has 1 N–H and O–H groups in total. The van der Waals surface area contributed by atoms with Gasteiger partial charge in [-0.3, -0.25) is 4.79 Å². The number of amides is 1. The molecule has 0 atom stereocenters. The van der Waals surface area contributed by atoms with E-state index >= 15 is 0 Å². The number of anilines is 1. The van der Waals surface area contributed by atoms with Gasteiger partial charge in [0, 0.05) is 5.33 Å². The van der Waals surface area contributed by atoms with E-state index in [2.05, 4.69) is 26.2 Å². The second kappa shape index (κ2) is 5.05. The van der Waals surface area contributed by atoms with Crippen LogP contribution in [0.4, 0.5) is 18.9 Å². The lowest BCUT2D eigenvalue weighted by molar-refractivity contribution is -0.138. The second-order valence-electron chi connectivity index (χ2n) is 4.60. The fourth-order valence-corrected chi connectivity index (χ4v) is 2.49. The first-order valence-electron chi connectivity index (χ1n) is 5.67. The van der Waals surface area contributed by atoms with Gasteiger partial charge in [-0.25, -0.2) is 4.98 Å². The Kier molecular flexibility index (Phi) is 3.73. The van der Waals surface area contributed by atoms with Crippen molar-refractivity contribution >= 4 is 27.5 Å². The van der Waals surface area contributed by atoms with Crippen molar-refractivity contribution in [3.8, 4) is 6.07 Å². The van der Waals surface area contributed by atoms with E-state index in [1.165, 1.54) is 6.07 Å². The summed E-state index contributed by atoms with van der Waals surface area (Å²) in [7, 11) is 0. The molecule has 4 nitrogen and oxygen atoms in total. The average Bonchev–Trinajstić information content (AvgIpc) is 3.18. The van der Waals surface area contributed by atoms with Gasteiger partial charge in [0.1, 0.15) is 6.07 Å². The maximum atomic E-state index is 12.8. The molecule has 0 spiro atoms. The molecule has 0 radical (unpaired) electrons. The van der Waals surface area contributed by atoms with E-state index in [-0.39, 0.29) is 11.6 Å². The highest BCUT2D eigenvalue weighted by Crippen LogP contribution is 2.48. The lowest BCUT2D eigenvalue weighted by atomic mass is 10.1. The van der Waals surface area contributed by atoms with Gasteiger partial charge in [-0.1, -0.05) is 15.9 Å². The van der Waals surface area contributed by atoms with E-state index in [1.807, 2.05) is 0 Å². The number of halogens is 4. The van der Waals surface area contributed by atoms with Crippen molar-refractivity contribution in [3.63, 3.8) is 0 Å². The fraction of sp³-hybridized carbons (Fsp3) is 0.417. The first kappa shape index (κ1) is 14.8. The Hall–Kier alpha value is -1.62. The molecule has 0 aliphatic heterocycles. The molecule has 1 aliphatic carbocycles. The number of alkyl halides is 4. The van der Waals surface area contributed by atoms with Gasteiger partial charge in [0.25, 0.3) is 0 Å². The molecule has 2 rings (SSSR count). The highest BCUT2D eigenvalue weighted by atomic mass is 79.9. The number of hydrogen-bond acceptors (Lipinski definition) is 3. The summed E-state index contributed by atoms with van der Waals surface area (Å²) in [5.41, 5.74) is -2.46. The molecule has 1 amide bonds. The van der Waals surface area contributed by atoms with Crippen LogP contribution in [0.2, 0.25) is 0 Å². The molecular weight excluding hydrogens is 339 g/mol. The van der Waals surface area contributed by atoms with Crippen molar-refractivity contribution in [2.75, 3.05) is 10.6 Å². The Morgan fingerprint density at radius 3 is 2.65 bits per heavy atom. The Bertz CT molecular complexity index is 591. The number of nitriles is 1. The molecule has 0 bridgehead atoms. The van der Waals surface area contributed by atoms with Crippen molar-refractivity contribution in [1.82, 2.24) is 4.98 Å². The van der Waals surface area contributed by atoms with Crippen molar-refractivity contribution < 1.29 is 18.0 Å². The molecule has 106 valence electrons. The van der Waals surface area contributed by atoms with E-state index in [0.29, 0.717) is 18.2 Å². The molecule has 1 aromatic heterocycles. The number of rotatable bonds is 3. The molecule has 0 unspecified atom stereocenters. The normalized spacial score (nSPS) is 16.4. The lowest BCUT2D eigenvalue weighted by Crippen LogP contribution is -2.25. The van der Waals surface area contributed by atoms with Crippen LogP contribution in [-0.4, -0.2) is 16.2 Å². The zero-order valence-corrected chi connectivity index (χ0v) is 11.7. The van der Waals surface area contributed by atoms with Gasteiger partial charge in [-0.05, 0) is 18.9 Å². The first-order chi connectivity index (χ1) is 9.32. The fourth-order valence-electron chi connectivity index (χ4n) is 1.67. The summed E-state index contributed by atoms with van der Waals surface area (Å²) in [6, 6.07) is 2.12. The lowest BCUT2D eigenvalue weighted by Gasteiger charge is -2.14. The number of nitrogens with one attached hydrogen (secondary N) is 1. The van der Waals surface area contributed by atoms with E-state index < -0.39 is 22.8 Å². The Balaban J connectivity index is 2.26. The van der Waals surface area contributed by atoms with Crippen LogP contribution < -0.4 is 5.32 Å². The van der Waals surface area contributed by atoms with E-state index in [1.54, 1.807) is 0 Å². The van der Waals surface area contributed by atoms with E-state index in [0.717, 1.165) is 12.3 Å². The third-order valence-electron chi connectivity index (χ3n) is 3.15. The Labute approximate surface area is 121 Å². The average molecular weight is 348 g/mol. The maximum Gasteiger partial charge on any atom is 0.419 e. The number of pyridine rings is 1. The molecule has 0 saturated heterocycles. The zero-order chi connectivity index (χ0) is 15.0. The van der Waals surface area contributed by atoms with Gasteiger partial charge in [0.2, 0.25) is 5.91 Å². The molecule has 1 saturated carbocycles. The van der Waals surface area contributed by atoms with E-state index in [9.17, 15) is 18.0 Å². The monoisotopic (exact) mass is 347 g/mol. The smallest absolute Gasteiger partial charge is 0.324 e. The van der Waals surface area contributed by atoms with Crippen molar-refractivity contribution in [2.45, 2.75) is 19.0 Å². The molecule has 1 fully saturated rings. The van der Waals surface area contributed by atoms with Gasteiger partial charge in [0.15, 0.2) is 5.69 Å². The quantitative estimate of drug-likeness (QED) is 0.854. The zero-order valence-electron chi connectivity index (χ0n) is 10.1. The summed E-state index contributed by atoms with van der Waals surface area (Å²) >= 11 is 3.22. The molecule has 8 heteroatoms. The third kappa shape index (κ3) is 2.77. The van der Waals surface area contributed by atoms with Gasteiger partial charge >= 0.3 is 6.18 Å². The molecular formula is C12H9BrF3N3O. The standard InChI is InChI=1S/C12H9BrF3N3O/c13-6-11(1-2-11)10(20)19-7-3-8(12(14,15)16)9(4-17)18-5-7/h3,5H,1-2,6H2,(H,19,20). The summed E-state index contributed by atoms with van der Waals surface area (Å²) in [6.45, 7) is 0. The SMILES string of the molecule is N#Cc1ncc(NC(=O)C2(CBr)CC2)cc1C(F)(F)F. The van der Waals surface area contributed by atoms with Crippen LogP contribution in [0.3, 0.4) is 0 Å². The number of carbonyl (C=O) groups is 1. The van der Waals surface area contributed by atoms with Crippen molar-refractivity contribution in [3.05, 3.63) is 23.5 Å². The van der Waals surface area contributed by atoms with Gasteiger partial charge in [-0.15, -0.1) is 0 Å². The largest absolute Gasteiger partial charge is 0.419 e. The summed E-state index contributed by atoms with van der Waals surface area (Å²) in [5, 5.41) is 11.5. The van der Waals surface area contributed by atoms with Crippen LogP contribution in [0.1, 0.15) is 24.1 Å². The summed E-state index contributed by atoms with van der Waals surface area (Å²) in [5.74, 6) is -0.339. The molecule has 0 aromatic carbocycles. The summed E-state index contributed by atoms with van der Waals surface area (Å²) in [6.07, 6.45) is -2.25. The minimum Gasteiger partial charge on any atom is -0.324 e. The van der Waals surface area contributed by atoms with Crippen LogP contribution in [0.15, 0.2) is 12.3 Å². The Morgan fingerprint density at radius 2 is 2.20 bits per heavy atom. The van der Waals surface area contributed by atoms with Gasteiger partial charge in [-0.2, -0.15) is 18.4 Å². The maximum absolute atomic E-state index is 12.8. The third-order valence-corrected chi connectivity index (χ3v) is 4.22. The Morgan fingerprint density at radius 1 is 1.55 bits per heavy atom. The number of hydrogen-bond donors (Lipinski definition) is 1. The molecule has 20 heavy (non-hydrogen) atoms. The summed E-state index contributed by atoms with van der Waals surface area (Å²) < 4.78 is 38.3. The summed E-state index contributed by atoms with van der Waals surface area (Å²) in [4.78, 5) is 15.4. The predicted molar refractivity (Wildman–Crippen MR) is 68.0 cm³/mol. The van der Waals surface area contributed by atoms with Crippen LogP contribution in [0, 0.1) is 16.7 Å². The van der Waals surface area contributed by atoms with Gasteiger partial charge in [0.05, 0.1) is 22.9 Å². The molecule has 1 aromatic rings. The van der Waals surface area contributed by atoms with E-state index in [4.69, 9.17) is 5.26 Å². The molecule has 1 heterocycles. The van der Waals surface area contributed by atoms with Crippen LogP contribution in [-0.2, 0) is 11.0 Å². The highest BCUT2D eigenvalue weighted by molar-refractivity contribution is 9.09. The van der Waals surface area contributed by atoms with Crippen LogP contribution in [0.5, 0.6) is 0 Å². The minimum atomic E-state index is -4.69. The van der Waals surface area contributed by atoms with Crippen LogP contribution >= 0.6 is 15.9 Å². The predicted octanol–water partition coefficient (Wildman–Crippen LogP) is 3.09. The van der Waals surface area contributed by atoms with Crippen molar-refractivity contribution in [2.24, 2.45) is 5.41 Å². The number of carbonyl (C=O) groups excluding carboxylic acids is 1. The number of aromatic nitrogens is 1. The highest BCUT2D eigenvalue weighted by Gasteiger charge is 2.49. The van der Waals surface area contributed by atoms with Gasteiger partial charge < -0.3 is 5.32 Å². The first-order valence-corrected chi connectivity index (χ1v) is 6.79. The second-order valence-corrected chi connectivity index (χ2v) is 5.16. The van der Waals surface area contributed by atoms with Crippen LogP contribution in [0.25, 0.3) is 0 Å².